The normalized spacial score (nSPS) is 23.5. The first kappa shape index (κ1) is 15.5. The van der Waals surface area contributed by atoms with E-state index in [1.165, 1.54) is 12.0 Å². The largest absolute Gasteiger partial charge is 0.387 e. The lowest BCUT2D eigenvalue weighted by molar-refractivity contribution is 0.0920. The molecule has 2 atom stereocenters. The molecule has 0 spiro atoms. The van der Waals surface area contributed by atoms with Crippen LogP contribution in [0.15, 0.2) is 24.3 Å². The lowest BCUT2D eigenvalue weighted by Crippen LogP contribution is -2.40. The molecule has 0 amide bonds. The van der Waals surface area contributed by atoms with Gasteiger partial charge in [-0.05, 0) is 51.0 Å². The summed E-state index contributed by atoms with van der Waals surface area (Å²) in [5, 5.41) is 10.5. The van der Waals surface area contributed by atoms with Crippen LogP contribution in [0.5, 0.6) is 0 Å². The minimum absolute atomic E-state index is 0.383. The number of hydrogen-bond donors (Lipinski definition) is 1. The topological polar surface area (TPSA) is 26.7 Å². The van der Waals surface area contributed by atoms with Gasteiger partial charge < -0.3 is 10.0 Å². The predicted molar refractivity (Wildman–Crippen MR) is 83.9 cm³/mol. The summed E-state index contributed by atoms with van der Waals surface area (Å²) in [6, 6.07) is 8.89. The van der Waals surface area contributed by atoms with E-state index in [9.17, 15) is 5.11 Å². The highest BCUT2D eigenvalue weighted by Gasteiger charge is 2.22. The lowest BCUT2D eigenvalue weighted by atomic mass is 10.0. The second-order valence-corrected chi connectivity index (χ2v) is 6.07. The zero-order valence-corrected chi connectivity index (χ0v) is 13.0. The molecule has 1 heterocycles. The van der Waals surface area contributed by atoms with Crippen LogP contribution in [0.3, 0.4) is 0 Å². The molecule has 2 unspecified atom stereocenters. The van der Waals surface area contributed by atoms with Gasteiger partial charge in [0.25, 0.3) is 0 Å². The smallest absolute Gasteiger partial charge is 0.0917 e. The van der Waals surface area contributed by atoms with Crippen LogP contribution in [0.2, 0.25) is 0 Å². The van der Waals surface area contributed by atoms with Crippen LogP contribution < -0.4 is 0 Å². The first-order valence-electron chi connectivity index (χ1n) is 7.79. The van der Waals surface area contributed by atoms with Crippen LogP contribution in [-0.2, 0) is 6.42 Å². The molecular weight excluding hydrogens is 248 g/mol. The van der Waals surface area contributed by atoms with Gasteiger partial charge in [-0.25, -0.2) is 0 Å². The van der Waals surface area contributed by atoms with Gasteiger partial charge in [0.15, 0.2) is 0 Å². The van der Waals surface area contributed by atoms with Gasteiger partial charge >= 0.3 is 0 Å². The summed E-state index contributed by atoms with van der Waals surface area (Å²) in [5.74, 6) is 0. The number of aliphatic hydroxyl groups excluding tert-OH is 1. The Balaban J connectivity index is 1.96. The van der Waals surface area contributed by atoms with Crippen molar-refractivity contribution in [3.05, 3.63) is 35.4 Å². The molecule has 1 saturated heterocycles. The average Bonchev–Trinajstić information content (AvgIpc) is 2.60. The van der Waals surface area contributed by atoms with Gasteiger partial charge in [-0.2, -0.15) is 0 Å². The van der Waals surface area contributed by atoms with Gasteiger partial charge in [-0.1, -0.05) is 31.2 Å². The molecule has 20 heavy (non-hydrogen) atoms. The Morgan fingerprint density at radius 2 is 1.95 bits per heavy atom. The molecule has 0 aromatic heterocycles. The summed E-state index contributed by atoms with van der Waals surface area (Å²) in [5.41, 5.74) is 2.36. The van der Waals surface area contributed by atoms with E-state index in [1.54, 1.807) is 0 Å². The molecule has 3 nitrogen and oxygen atoms in total. The quantitative estimate of drug-likeness (QED) is 0.914. The van der Waals surface area contributed by atoms with Crippen molar-refractivity contribution in [2.45, 2.75) is 38.8 Å². The molecular formula is C17H28N2O. The van der Waals surface area contributed by atoms with Crippen LogP contribution in [-0.4, -0.2) is 54.2 Å². The zero-order chi connectivity index (χ0) is 14.5. The Labute approximate surface area is 123 Å². The summed E-state index contributed by atoms with van der Waals surface area (Å²) in [7, 11) is 2.18. The maximum absolute atomic E-state index is 10.5. The standard InChI is InChI=1S/C17H28N2O/c1-4-15-6-8-16(9-7-15)17(20)13-19-11-5-10-18(3)12-14(19)2/h6-9,14,17,20H,4-5,10-13H2,1-3H3. The number of benzene rings is 1. The predicted octanol–water partition coefficient (Wildman–Crippen LogP) is 2.31. The van der Waals surface area contributed by atoms with E-state index in [0.717, 1.165) is 38.2 Å². The first-order valence-corrected chi connectivity index (χ1v) is 7.79. The first-order chi connectivity index (χ1) is 9.60. The van der Waals surface area contributed by atoms with Crippen LogP contribution in [0.25, 0.3) is 0 Å². The van der Waals surface area contributed by atoms with E-state index in [4.69, 9.17) is 0 Å². The molecule has 0 bridgehead atoms. The van der Waals surface area contributed by atoms with E-state index in [-0.39, 0.29) is 6.10 Å². The summed E-state index contributed by atoms with van der Waals surface area (Å²) in [4.78, 5) is 4.80. The highest BCUT2D eigenvalue weighted by atomic mass is 16.3. The fraction of sp³-hybridized carbons (Fsp3) is 0.647. The van der Waals surface area contributed by atoms with Crippen molar-refractivity contribution in [1.82, 2.24) is 9.80 Å². The molecule has 1 aromatic rings. The molecule has 2 rings (SSSR count). The number of likely N-dealkylation sites (N-methyl/N-ethyl adjacent to an activating group) is 1. The van der Waals surface area contributed by atoms with Crippen molar-refractivity contribution in [1.29, 1.82) is 0 Å². The monoisotopic (exact) mass is 276 g/mol. The van der Waals surface area contributed by atoms with E-state index in [1.807, 2.05) is 0 Å². The van der Waals surface area contributed by atoms with Gasteiger partial charge in [0, 0.05) is 19.1 Å². The minimum Gasteiger partial charge on any atom is -0.387 e. The van der Waals surface area contributed by atoms with Crippen LogP contribution >= 0.6 is 0 Å². The molecule has 0 saturated carbocycles. The van der Waals surface area contributed by atoms with Crippen LogP contribution in [0, 0.1) is 0 Å². The Morgan fingerprint density at radius 1 is 1.25 bits per heavy atom. The van der Waals surface area contributed by atoms with Gasteiger partial charge in [0.1, 0.15) is 0 Å². The van der Waals surface area contributed by atoms with Gasteiger partial charge in [0.05, 0.1) is 6.10 Å². The second kappa shape index (κ2) is 7.21. The average molecular weight is 276 g/mol. The molecule has 1 aliphatic rings. The van der Waals surface area contributed by atoms with Crippen molar-refractivity contribution in [3.63, 3.8) is 0 Å². The summed E-state index contributed by atoms with van der Waals surface area (Å²) >= 11 is 0. The third kappa shape index (κ3) is 4.05. The lowest BCUT2D eigenvalue weighted by Gasteiger charge is -2.29. The second-order valence-electron chi connectivity index (χ2n) is 6.07. The minimum atomic E-state index is -0.383. The molecule has 1 N–H and O–H groups in total. The highest BCUT2D eigenvalue weighted by Crippen LogP contribution is 2.18. The molecule has 112 valence electrons. The Hall–Kier alpha value is -0.900. The fourth-order valence-electron chi connectivity index (χ4n) is 3.00. The van der Waals surface area contributed by atoms with Crippen molar-refractivity contribution >= 4 is 0 Å². The summed E-state index contributed by atoms with van der Waals surface area (Å²) < 4.78 is 0. The summed E-state index contributed by atoms with van der Waals surface area (Å²) in [6.45, 7) is 8.47. The molecule has 1 aromatic carbocycles. The fourth-order valence-corrected chi connectivity index (χ4v) is 3.00. The number of rotatable bonds is 4. The van der Waals surface area contributed by atoms with Crippen molar-refractivity contribution < 1.29 is 5.11 Å². The zero-order valence-electron chi connectivity index (χ0n) is 13.0. The maximum atomic E-state index is 10.5. The third-order valence-corrected chi connectivity index (χ3v) is 4.36. The molecule has 0 radical (unpaired) electrons. The summed E-state index contributed by atoms with van der Waals surface area (Å²) in [6.07, 6.45) is 1.85. The highest BCUT2D eigenvalue weighted by molar-refractivity contribution is 5.24. The van der Waals surface area contributed by atoms with Crippen LogP contribution in [0.4, 0.5) is 0 Å². The number of nitrogens with zero attached hydrogens (tertiary/aromatic N) is 2. The molecule has 1 aliphatic heterocycles. The maximum Gasteiger partial charge on any atom is 0.0917 e. The van der Waals surface area contributed by atoms with Crippen molar-refractivity contribution in [2.24, 2.45) is 0 Å². The van der Waals surface area contributed by atoms with E-state index >= 15 is 0 Å². The number of aryl methyl sites for hydroxylation is 1. The Kier molecular flexibility index (Phi) is 5.58. The van der Waals surface area contributed by atoms with E-state index < -0.39 is 0 Å². The van der Waals surface area contributed by atoms with Crippen LogP contribution in [0.1, 0.15) is 37.5 Å². The van der Waals surface area contributed by atoms with Crippen molar-refractivity contribution in [3.8, 4) is 0 Å². The van der Waals surface area contributed by atoms with Gasteiger partial charge in [-0.3, -0.25) is 4.90 Å². The Morgan fingerprint density at radius 3 is 2.60 bits per heavy atom. The van der Waals surface area contributed by atoms with Crippen molar-refractivity contribution in [2.75, 3.05) is 33.2 Å². The number of β-amino-alcohol motifs (C(OH)–C–C–N with tert-alkyl or cyclic N) is 1. The van der Waals surface area contributed by atoms with Gasteiger partial charge in [-0.15, -0.1) is 0 Å². The number of aliphatic hydroxyl groups is 1. The van der Waals surface area contributed by atoms with E-state index in [0.29, 0.717) is 6.04 Å². The third-order valence-electron chi connectivity index (χ3n) is 4.36. The SMILES string of the molecule is CCc1ccc(C(O)CN2CCCN(C)CC2C)cc1. The van der Waals surface area contributed by atoms with Gasteiger partial charge in [0.2, 0.25) is 0 Å². The number of hydrogen-bond acceptors (Lipinski definition) is 3. The van der Waals surface area contributed by atoms with E-state index in [2.05, 4.69) is 55.0 Å². The molecule has 0 aliphatic carbocycles. The Bertz CT molecular complexity index is 404. The molecule has 1 fully saturated rings. The molecule has 3 heteroatoms.